The zero-order valence-electron chi connectivity index (χ0n) is 14.2. The van der Waals surface area contributed by atoms with Crippen molar-refractivity contribution >= 4 is 12.1 Å². The molecule has 0 fully saturated rings. The molecule has 1 aromatic carbocycles. The van der Waals surface area contributed by atoms with Crippen molar-refractivity contribution in [3.63, 3.8) is 0 Å². The molecule has 0 saturated carbocycles. The number of rotatable bonds is 6. The Bertz CT molecular complexity index is 477. The van der Waals surface area contributed by atoms with Gasteiger partial charge in [0, 0.05) is 53.2 Å². The summed E-state index contributed by atoms with van der Waals surface area (Å²) in [4.78, 5) is 25.8. The van der Waals surface area contributed by atoms with Crippen LogP contribution in [0.25, 0.3) is 0 Å². The summed E-state index contributed by atoms with van der Waals surface area (Å²) < 4.78 is 10.1. The van der Waals surface area contributed by atoms with Gasteiger partial charge in [-0.05, 0) is 31.3 Å². The molecule has 0 unspecified atom stereocenters. The Morgan fingerprint density at radius 3 is 2.17 bits per heavy atom. The molecule has 1 rings (SSSR count). The van der Waals surface area contributed by atoms with Crippen molar-refractivity contribution in [2.24, 2.45) is 0 Å². The smallest absolute Gasteiger partial charge is 0.415 e. The fourth-order valence-electron chi connectivity index (χ4n) is 1.43. The standard InChI is InChI=1S/C15H21N2O4.CH3.Y/c1-12(18)20-11-13-5-7-14(8-6-13)21-15(19)17(4)10-9-16(2)3;;/h5-8H,2,9-11H2,1,3-4H3;1H3;/q2*-1;. The molecular formula is C16H24N2O4Y-2. The molecule has 0 N–H and O–H groups in total. The van der Waals surface area contributed by atoms with Gasteiger partial charge in [0.2, 0.25) is 0 Å². The second kappa shape index (κ2) is 12.4. The van der Waals surface area contributed by atoms with Crippen LogP contribution in [0.5, 0.6) is 5.75 Å². The fraction of sp³-hybridized carbons (Fsp3) is 0.375. The van der Waals surface area contributed by atoms with E-state index in [9.17, 15) is 9.59 Å². The van der Waals surface area contributed by atoms with Crippen molar-refractivity contribution < 1.29 is 51.8 Å². The maximum Gasteiger partial charge on any atom is 0.415 e. The van der Waals surface area contributed by atoms with E-state index in [2.05, 4.69) is 7.05 Å². The summed E-state index contributed by atoms with van der Waals surface area (Å²) >= 11 is 0. The van der Waals surface area contributed by atoms with E-state index in [4.69, 9.17) is 9.47 Å². The van der Waals surface area contributed by atoms with Crippen LogP contribution in [-0.2, 0) is 48.8 Å². The van der Waals surface area contributed by atoms with Crippen molar-refractivity contribution in [1.82, 2.24) is 9.80 Å². The van der Waals surface area contributed by atoms with E-state index in [1.54, 1.807) is 36.2 Å². The van der Waals surface area contributed by atoms with Gasteiger partial charge in [-0.1, -0.05) is 12.1 Å². The Balaban J connectivity index is 0. The first-order valence-electron chi connectivity index (χ1n) is 6.55. The number of benzene rings is 1. The first-order valence-corrected chi connectivity index (χ1v) is 6.55. The molecule has 0 aromatic heterocycles. The minimum Gasteiger partial charge on any atom is -0.461 e. The van der Waals surface area contributed by atoms with Crippen LogP contribution in [0.4, 0.5) is 4.79 Å². The molecule has 1 radical (unpaired) electrons. The monoisotopic (exact) mass is 397 g/mol. The largest absolute Gasteiger partial charge is 0.461 e. The Morgan fingerprint density at radius 2 is 1.70 bits per heavy atom. The van der Waals surface area contributed by atoms with E-state index >= 15 is 0 Å². The number of hydrogen-bond acceptors (Lipinski definition) is 5. The molecule has 0 aliphatic heterocycles. The number of esters is 1. The van der Waals surface area contributed by atoms with Gasteiger partial charge in [-0.3, -0.25) is 11.8 Å². The Kier molecular flexibility index (Phi) is 13.1. The number of nitrogens with zero attached hydrogens (tertiary/aromatic N) is 2. The summed E-state index contributed by atoms with van der Waals surface area (Å²) in [7, 11) is 7.21. The third-order valence-corrected chi connectivity index (χ3v) is 2.70. The van der Waals surface area contributed by atoms with E-state index in [0.717, 1.165) is 5.56 Å². The van der Waals surface area contributed by atoms with Gasteiger partial charge < -0.3 is 26.7 Å². The van der Waals surface area contributed by atoms with E-state index in [-0.39, 0.29) is 52.7 Å². The molecule has 0 aliphatic carbocycles. The Morgan fingerprint density at radius 1 is 1.13 bits per heavy atom. The first kappa shape index (κ1) is 24.3. The minimum atomic E-state index is -0.426. The Labute approximate surface area is 164 Å². The molecule has 0 atom stereocenters. The zero-order chi connectivity index (χ0) is 15.8. The maximum atomic E-state index is 11.8. The maximum absolute atomic E-state index is 11.8. The number of carbonyl (C=O) groups is 2. The minimum absolute atomic E-state index is 0. The van der Waals surface area contributed by atoms with Crippen molar-refractivity contribution in [2.45, 2.75) is 13.5 Å². The topological polar surface area (TPSA) is 59.1 Å². The number of carbonyl (C=O) groups excluding carboxylic acids is 2. The number of amides is 1. The van der Waals surface area contributed by atoms with Gasteiger partial charge >= 0.3 is 12.1 Å². The van der Waals surface area contributed by atoms with Gasteiger partial charge in [0.05, 0.1) is 0 Å². The van der Waals surface area contributed by atoms with Crippen LogP contribution < -0.4 is 4.74 Å². The average molecular weight is 397 g/mol. The third-order valence-electron chi connectivity index (χ3n) is 2.70. The average Bonchev–Trinajstić information content (AvgIpc) is 2.43. The molecule has 0 saturated heterocycles. The van der Waals surface area contributed by atoms with E-state index < -0.39 is 6.09 Å². The quantitative estimate of drug-likeness (QED) is 0.545. The summed E-state index contributed by atoms with van der Waals surface area (Å²) in [5.41, 5.74) is 0.831. The fourth-order valence-corrected chi connectivity index (χ4v) is 1.43. The molecule has 0 bridgehead atoms. The predicted molar refractivity (Wildman–Crippen MR) is 85.0 cm³/mol. The molecule has 0 heterocycles. The summed E-state index contributed by atoms with van der Waals surface area (Å²) in [6.45, 7) is 2.75. The van der Waals surface area contributed by atoms with Crippen LogP contribution in [0.3, 0.4) is 0 Å². The number of likely N-dealkylation sites (N-methyl/N-ethyl adjacent to an activating group) is 2. The molecule has 0 spiro atoms. The van der Waals surface area contributed by atoms with Gasteiger partial charge in [0.25, 0.3) is 0 Å². The zero-order valence-corrected chi connectivity index (χ0v) is 17.1. The summed E-state index contributed by atoms with van der Waals surface area (Å²) in [5.74, 6) is 0.115. The van der Waals surface area contributed by atoms with Crippen LogP contribution >= 0.6 is 0 Å². The van der Waals surface area contributed by atoms with Crippen molar-refractivity contribution in [1.29, 1.82) is 0 Å². The predicted octanol–water partition coefficient (Wildman–Crippen LogP) is 2.35. The van der Waals surface area contributed by atoms with Crippen LogP contribution in [0.1, 0.15) is 12.5 Å². The van der Waals surface area contributed by atoms with Gasteiger partial charge in [-0.25, -0.2) is 4.79 Å². The summed E-state index contributed by atoms with van der Waals surface area (Å²) in [6, 6.07) is 6.82. The second-order valence-electron chi connectivity index (χ2n) is 4.79. The van der Waals surface area contributed by atoms with Crippen LogP contribution in [0, 0.1) is 14.5 Å². The molecular weight excluding hydrogens is 373 g/mol. The normalized spacial score (nSPS) is 9.43. The number of ether oxygens (including phenoxy) is 2. The molecule has 1 amide bonds. The van der Waals surface area contributed by atoms with E-state index in [1.165, 1.54) is 11.8 Å². The SMILES string of the molecule is [CH2-]N(C)CCN(C)C(=O)Oc1ccc(COC(C)=O)cc1.[CH3-].[Y]. The van der Waals surface area contributed by atoms with Crippen LogP contribution in [-0.4, -0.2) is 49.0 Å². The summed E-state index contributed by atoms with van der Waals surface area (Å²) in [5, 5.41) is 0. The van der Waals surface area contributed by atoms with Gasteiger partial charge in [-0.15, -0.1) is 0 Å². The van der Waals surface area contributed by atoms with Crippen molar-refractivity contribution in [2.75, 3.05) is 27.2 Å². The van der Waals surface area contributed by atoms with Crippen molar-refractivity contribution in [3.8, 4) is 5.75 Å². The number of hydrogen-bond donors (Lipinski definition) is 0. The molecule has 6 nitrogen and oxygen atoms in total. The summed E-state index contributed by atoms with van der Waals surface area (Å²) in [6.07, 6.45) is -0.426. The molecule has 1 aromatic rings. The van der Waals surface area contributed by atoms with Gasteiger partial charge in [0.15, 0.2) is 0 Å². The molecule has 127 valence electrons. The van der Waals surface area contributed by atoms with Gasteiger partial charge in [0.1, 0.15) is 12.4 Å². The van der Waals surface area contributed by atoms with Crippen LogP contribution in [0.2, 0.25) is 0 Å². The van der Waals surface area contributed by atoms with Crippen LogP contribution in [0.15, 0.2) is 24.3 Å². The Hall–Kier alpha value is -0.976. The molecule has 0 aliphatic rings. The first-order chi connectivity index (χ1) is 9.88. The van der Waals surface area contributed by atoms with Gasteiger partial charge in [-0.2, -0.15) is 0 Å². The van der Waals surface area contributed by atoms with E-state index in [0.29, 0.717) is 18.8 Å². The van der Waals surface area contributed by atoms with E-state index in [1.807, 2.05) is 7.05 Å². The van der Waals surface area contributed by atoms with Crippen molar-refractivity contribution in [3.05, 3.63) is 44.3 Å². The second-order valence-corrected chi connectivity index (χ2v) is 4.79. The molecule has 7 heteroatoms. The third kappa shape index (κ3) is 10.4. The molecule has 23 heavy (non-hydrogen) atoms.